The molecular weight excluding hydrogens is 294 g/mol. The fraction of sp³-hybridized carbons (Fsp3) is 0.471. The molecule has 6 heteroatoms. The van der Waals surface area contributed by atoms with Crippen LogP contribution in [0.25, 0.3) is 0 Å². The summed E-state index contributed by atoms with van der Waals surface area (Å²) in [5, 5.41) is 5.78. The van der Waals surface area contributed by atoms with Crippen molar-refractivity contribution in [3.05, 3.63) is 35.4 Å². The first-order chi connectivity index (χ1) is 11.1. The molecule has 1 unspecified atom stereocenters. The highest BCUT2D eigenvalue weighted by Gasteiger charge is 2.29. The lowest BCUT2D eigenvalue weighted by molar-refractivity contribution is -0.127. The van der Waals surface area contributed by atoms with Gasteiger partial charge >= 0.3 is 0 Å². The quantitative estimate of drug-likeness (QED) is 0.848. The van der Waals surface area contributed by atoms with E-state index in [0.717, 1.165) is 12.8 Å². The van der Waals surface area contributed by atoms with Crippen LogP contribution in [-0.4, -0.2) is 47.8 Å². The molecule has 1 saturated carbocycles. The second-order valence-electron chi connectivity index (χ2n) is 6.14. The van der Waals surface area contributed by atoms with Crippen molar-refractivity contribution in [3.63, 3.8) is 0 Å². The lowest BCUT2D eigenvalue weighted by Crippen LogP contribution is -2.37. The Kier molecular flexibility index (Phi) is 4.32. The van der Waals surface area contributed by atoms with E-state index in [1.807, 2.05) is 6.92 Å². The Hall–Kier alpha value is -2.37. The van der Waals surface area contributed by atoms with Crippen LogP contribution in [0.4, 0.5) is 0 Å². The topological polar surface area (TPSA) is 78.5 Å². The summed E-state index contributed by atoms with van der Waals surface area (Å²) in [5.74, 6) is -0.326. The normalized spacial score (nSPS) is 20.5. The first-order valence-corrected chi connectivity index (χ1v) is 8.06. The van der Waals surface area contributed by atoms with Crippen LogP contribution in [0, 0.1) is 0 Å². The van der Waals surface area contributed by atoms with Crippen molar-refractivity contribution in [2.75, 3.05) is 13.1 Å². The molecule has 3 amide bonds. The van der Waals surface area contributed by atoms with E-state index in [2.05, 4.69) is 10.6 Å². The summed E-state index contributed by atoms with van der Waals surface area (Å²) >= 11 is 0. The minimum Gasteiger partial charge on any atom is -0.349 e. The number of benzene rings is 1. The number of likely N-dealkylation sites (tertiary alicyclic amines) is 1. The van der Waals surface area contributed by atoms with Gasteiger partial charge in [-0.1, -0.05) is 6.07 Å². The van der Waals surface area contributed by atoms with Crippen LogP contribution in [0.2, 0.25) is 0 Å². The van der Waals surface area contributed by atoms with Gasteiger partial charge in [0, 0.05) is 36.7 Å². The summed E-state index contributed by atoms with van der Waals surface area (Å²) in [4.78, 5) is 37.8. The smallest absolute Gasteiger partial charge is 0.251 e. The van der Waals surface area contributed by atoms with Crippen molar-refractivity contribution in [2.45, 2.75) is 38.3 Å². The maximum Gasteiger partial charge on any atom is 0.251 e. The van der Waals surface area contributed by atoms with Crippen molar-refractivity contribution in [2.24, 2.45) is 0 Å². The fourth-order valence-electron chi connectivity index (χ4n) is 2.74. The van der Waals surface area contributed by atoms with Gasteiger partial charge in [0.1, 0.15) is 0 Å². The van der Waals surface area contributed by atoms with Gasteiger partial charge < -0.3 is 15.5 Å². The number of rotatable bonds is 5. The molecule has 3 rings (SSSR count). The number of nitrogens with one attached hydrogen (secondary N) is 2. The molecule has 1 aromatic rings. The molecule has 122 valence electrons. The first kappa shape index (κ1) is 15.5. The molecule has 0 radical (unpaired) electrons. The summed E-state index contributed by atoms with van der Waals surface area (Å²) in [6.45, 7) is 3.12. The van der Waals surface area contributed by atoms with Gasteiger partial charge in [-0.2, -0.15) is 0 Å². The molecule has 1 saturated heterocycles. The average molecular weight is 315 g/mol. The summed E-state index contributed by atoms with van der Waals surface area (Å²) < 4.78 is 0. The monoisotopic (exact) mass is 315 g/mol. The zero-order valence-corrected chi connectivity index (χ0v) is 13.2. The van der Waals surface area contributed by atoms with Crippen molar-refractivity contribution >= 4 is 17.7 Å². The van der Waals surface area contributed by atoms with Crippen molar-refractivity contribution in [3.8, 4) is 0 Å². The molecule has 2 aliphatic rings. The van der Waals surface area contributed by atoms with Crippen molar-refractivity contribution in [1.29, 1.82) is 0 Å². The predicted octanol–water partition coefficient (Wildman–Crippen LogP) is 0.929. The second-order valence-corrected chi connectivity index (χ2v) is 6.14. The molecule has 1 aliphatic heterocycles. The van der Waals surface area contributed by atoms with Gasteiger partial charge in [-0.3, -0.25) is 14.4 Å². The van der Waals surface area contributed by atoms with E-state index < -0.39 is 0 Å². The third kappa shape index (κ3) is 3.70. The SMILES string of the molecule is CCN1CC(NC(=O)c2cccc(C(=O)NC3CC3)c2)CC1=O. The van der Waals surface area contributed by atoms with Gasteiger partial charge in [0.15, 0.2) is 0 Å². The van der Waals surface area contributed by atoms with Gasteiger partial charge in [-0.25, -0.2) is 0 Å². The molecule has 2 fully saturated rings. The number of carbonyl (C=O) groups is 3. The molecule has 0 spiro atoms. The molecule has 23 heavy (non-hydrogen) atoms. The van der Waals surface area contributed by atoms with Crippen LogP contribution in [0.3, 0.4) is 0 Å². The molecule has 0 aromatic heterocycles. The molecule has 1 heterocycles. The van der Waals surface area contributed by atoms with Crippen LogP contribution in [0.5, 0.6) is 0 Å². The summed E-state index contributed by atoms with van der Waals surface area (Å²) in [7, 11) is 0. The molecule has 1 atom stereocenters. The molecule has 6 nitrogen and oxygen atoms in total. The minimum absolute atomic E-state index is 0.0651. The Labute approximate surface area is 135 Å². The highest BCUT2D eigenvalue weighted by atomic mass is 16.2. The lowest BCUT2D eigenvalue weighted by atomic mass is 10.1. The molecule has 0 bridgehead atoms. The number of amides is 3. The number of hydrogen-bond acceptors (Lipinski definition) is 3. The Morgan fingerprint density at radius 3 is 2.26 bits per heavy atom. The molecule has 2 N–H and O–H groups in total. The van der Waals surface area contributed by atoms with Crippen molar-refractivity contribution in [1.82, 2.24) is 15.5 Å². The van der Waals surface area contributed by atoms with Gasteiger partial charge in [-0.15, -0.1) is 0 Å². The van der Waals surface area contributed by atoms with E-state index in [9.17, 15) is 14.4 Å². The van der Waals surface area contributed by atoms with Gasteiger partial charge in [-0.05, 0) is 38.0 Å². The van der Waals surface area contributed by atoms with E-state index in [0.29, 0.717) is 30.6 Å². The van der Waals surface area contributed by atoms with E-state index in [-0.39, 0.29) is 29.8 Å². The average Bonchev–Trinajstić information content (AvgIpc) is 3.29. The van der Waals surface area contributed by atoms with E-state index in [1.165, 1.54) is 0 Å². The van der Waals surface area contributed by atoms with Crippen LogP contribution in [0.1, 0.15) is 46.9 Å². The van der Waals surface area contributed by atoms with Crippen LogP contribution < -0.4 is 10.6 Å². The van der Waals surface area contributed by atoms with Crippen LogP contribution >= 0.6 is 0 Å². The number of nitrogens with zero attached hydrogens (tertiary/aromatic N) is 1. The lowest BCUT2D eigenvalue weighted by Gasteiger charge is -2.15. The summed E-state index contributed by atoms with van der Waals surface area (Å²) in [6.07, 6.45) is 2.38. The van der Waals surface area contributed by atoms with E-state index in [4.69, 9.17) is 0 Å². The maximum atomic E-state index is 12.3. The highest BCUT2D eigenvalue weighted by Crippen LogP contribution is 2.19. The first-order valence-electron chi connectivity index (χ1n) is 8.06. The standard InChI is InChI=1S/C17H21N3O3/c1-2-20-10-14(9-15(20)21)19-17(23)12-5-3-4-11(8-12)16(22)18-13-6-7-13/h3-5,8,13-14H,2,6-7,9-10H2,1H3,(H,18,22)(H,19,23). The Morgan fingerprint density at radius 1 is 1.13 bits per heavy atom. The maximum absolute atomic E-state index is 12.3. The van der Waals surface area contributed by atoms with Crippen molar-refractivity contribution < 1.29 is 14.4 Å². The fourth-order valence-corrected chi connectivity index (χ4v) is 2.74. The second kappa shape index (κ2) is 6.40. The number of carbonyl (C=O) groups excluding carboxylic acids is 3. The van der Waals surface area contributed by atoms with Crippen LogP contribution in [-0.2, 0) is 4.79 Å². The van der Waals surface area contributed by atoms with E-state index >= 15 is 0 Å². The minimum atomic E-state index is -0.248. The third-order valence-corrected chi connectivity index (χ3v) is 4.23. The Morgan fingerprint density at radius 2 is 1.74 bits per heavy atom. The number of hydrogen-bond donors (Lipinski definition) is 2. The molecule has 1 aromatic carbocycles. The summed E-state index contributed by atoms with van der Waals surface area (Å²) in [5.41, 5.74) is 0.929. The number of likely N-dealkylation sites (N-methyl/N-ethyl adjacent to an activating group) is 1. The molecule has 1 aliphatic carbocycles. The zero-order chi connectivity index (χ0) is 16.4. The largest absolute Gasteiger partial charge is 0.349 e. The predicted molar refractivity (Wildman–Crippen MR) is 85.1 cm³/mol. The Balaban J connectivity index is 1.63. The van der Waals surface area contributed by atoms with E-state index in [1.54, 1.807) is 29.2 Å². The Bertz CT molecular complexity index is 640. The third-order valence-electron chi connectivity index (χ3n) is 4.23. The van der Waals surface area contributed by atoms with Gasteiger partial charge in [0.05, 0.1) is 6.04 Å². The van der Waals surface area contributed by atoms with Gasteiger partial charge in [0.2, 0.25) is 5.91 Å². The molecular formula is C17H21N3O3. The highest BCUT2D eigenvalue weighted by molar-refractivity contribution is 6.00. The van der Waals surface area contributed by atoms with Crippen LogP contribution in [0.15, 0.2) is 24.3 Å². The summed E-state index contributed by atoms with van der Waals surface area (Å²) in [6, 6.07) is 6.80. The van der Waals surface area contributed by atoms with Gasteiger partial charge in [0.25, 0.3) is 11.8 Å². The zero-order valence-electron chi connectivity index (χ0n) is 13.2.